The summed E-state index contributed by atoms with van der Waals surface area (Å²) < 4.78 is 28.0. The van der Waals surface area contributed by atoms with Gasteiger partial charge in [0.05, 0.1) is 4.90 Å². The van der Waals surface area contributed by atoms with Gasteiger partial charge in [-0.05, 0) is 57.2 Å². The van der Waals surface area contributed by atoms with Crippen LogP contribution in [0, 0.1) is 26.7 Å². The smallest absolute Gasteiger partial charge is 0.243 e. The molecule has 7 nitrogen and oxygen atoms in total. The minimum absolute atomic E-state index is 0.211. The van der Waals surface area contributed by atoms with Gasteiger partial charge < -0.3 is 10.6 Å². The molecule has 0 spiro atoms. The van der Waals surface area contributed by atoms with Gasteiger partial charge in [0, 0.05) is 25.6 Å². The Balaban J connectivity index is 1.54. The summed E-state index contributed by atoms with van der Waals surface area (Å²) in [5.74, 6) is -0.782. The van der Waals surface area contributed by atoms with E-state index < -0.39 is 16.1 Å². The molecule has 8 heteroatoms. The van der Waals surface area contributed by atoms with E-state index in [1.807, 2.05) is 63.2 Å². The van der Waals surface area contributed by atoms with Crippen molar-refractivity contribution in [3.05, 3.63) is 64.7 Å². The fraction of sp³-hybridized carbons (Fsp3) is 0.440. The van der Waals surface area contributed by atoms with E-state index in [2.05, 4.69) is 10.6 Å². The van der Waals surface area contributed by atoms with Crippen LogP contribution in [0.1, 0.15) is 42.0 Å². The van der Waals surface area contributed by atoms with Gasteiger partial charge in [-0.2, -0.15) is 4.31 Å². The normalized spacial score (nSPS) is 16.2. The van der Waals surface area contributed by atoms with Crippen molar-refractivity contribution in [1.29, 1.82) is 0 Å². The molecule has 0 saturated carbocycles. The molecule has 0 radical (unpaired) electrons. The maximum absolute atomic E-state index is 13.2. The third-order valence-electron chi connectivity index (χ3n) is 6.09. The number of carbonyl (C=O) groups is 2. The van der Waals surface area contributed by atoms with Crippen LogP contribution in [0.15, 0.2) is 47.4 Å². The maximum Gasteiger partial charge on any atom is 0.243 e. The van der Waals surface area contributed by atoms with Gasteiger partial charge in [0.25, 0.3) is 0 Å². The third kappa shape index (κ3) is 6.00. The number of piperidine rings is 1. The van der Waals surface area contributed by atoms with Crippen molar-refractivity contribution >= 4 is 21.8 Å². The second-order valence-corrected chi connectivity index (χ2v) is 10.7. The van der Waals surface area contributed by atoms with Gasteiger partial charge in [-0.25, -0.2) is 8.42 Å². The van der Waals surface area contributed by atoms with Crippen molar-refractivity contribution in [3.8, 4) is 0 Å². The van der Waals surface area contributed by atoms with Crippen LogP contribution < -0.4 is 10.6 Å². The summed E-state index contributed by atoms with van der Waals surface area (Å²) in [6.07, 6.45) is 0.848. The van der Waals surface area contributed by atoms with Crippen LogP contribution in [0.25, 0.3) is 0 Å². The molecule has 33 heavy (non-hydrogen) atoms. The molecular weight excluding hydrogens is 438 g/mol. The van der Waals surface area contributed by atoms with E-state index in [4.69, 9.17) is 0 Å². The Labute approximate surface area is 196 Å². The first-order chi connectivity index (χ1) is 15.6. The molecule has 1 fully saturated rings. The maximum atomic E-state index is 13.2. The highest BCUT2D eigenvalue weighted by Gasteiger charge is 2.34. The Morgan fingerprint density at radius 3 is 2.18 bits per heavy atom. The summed E-state index contributed by atoms with van der Waals surface area (Å²) in [5, 5.41) is 5.60. The minimum atomic E-state index is -3.62. The van der Waals surface area contributed by atoms with E-state index in [1.54, 1.807) is 6.92 Å². The van der Waals surface area contributed by atoms with Crippen molar-refractivity contribution in [2.45, 2.75) is 58.0 Å². The molecular formula is C25H33N3O4S. The molecule has 2 aromatic rings. The molecule has 1 saturated heterocycles. The van der Waals surface area contributed by atoms with Crippen molar-refractivity contribution in [1.82, 2.24) is 14.9 Å². The van der Waals surface area contributed by atoms with Crippen LogP contribution in [0.5, 0.6) is 0 Å². The SMILES string of the molecule is Cc1cc(C)c(S(=O)(=O)N2CCC(C(=O)NC(C)C(=O)NCc3ccccc3)CC2)c(C)c1. The van der Waals surface area contributed by atoms with E-state index >= 15 is 0 Å². The highest BCUT2D eigenvalue weighted by atomic mass is 32.2. The van der Waals surface area contributed by atoms with Crippen molar-refractivity contribution in [2.75, 3.05) is 13.1 Å². The molecule has 1 aliphatic heterocycles. The predicted octanol–water partition coefficient (Wildman–Crippen LogP) is 2.83. The Hall–Kier alpha value is -2.71. The van der Waals surface area contributed by atoms with Crippen molar-refractivity contribution in [2.24, 2.45) is 5.92 Å². The Kier molecular flexibility index (Phi) is 7.92. The zero-order valence-electron chi connectivity index (χ0n) is 19.7. The zero-order chi connectivity index (χ0) is 24.2. The number of amides is 2. The number of benzene rings is 2. The molecule has 178 valence electrons. The third-order valence-corrected chi connectivity index (χ3v) is 8.29. The lowest BCUT2D eigenvalue weighted by atomic mass is 9.97. The Bertz CT molecular complexity index is 1080. The van der Waals surface area contributed by atoms with Gasteiger partial charge in [0.2, 0.25) is 21.8 Å². The second kappa shape index (κ2) is 10.5. The molecule has 1 aliphatic rings. The van der Waals surface area contributed by atoms with Gasteiger partial charge in [0.15, 0.2) is 0 Å². The van der Waals surface area contributed by atoms with Crippen LogP contribution in [-0.4, -0.2) is 43.7 Å². The Morgan fingerprint density at radius 1 is 1.03 bits per heavy atom. The lowest BCUT2D eigenvalue weighted by molar-refractivity contribution is -0.131. The highest BCUT2D eigenvalue weighted by Crippen LogP contribution is 2.28. The highest BCUT2D eigenvalue weighted by molar-refractivity contribution is 7.89. The fourth-order valence-corrected chi connectivity index (χ4v) is 6.28. The van der Waals surface area contributed by atoms with Gasteiger partial charge in [-0.3, -0.25) is 9.59 Å². The predicted molar refractivity (Wildman–Crippen MR) is 128 cm³/mol. The Morgan fingerprint density at radius 2 is 1.61 bits per heavy atom. The summed E-state index contributed by atoms with van der Waals surface area (Å²) in [6.45, 7) is 8.19. The van der Waals surface area contributed by atoms with Gasteiger partial charge in [-0.15, -0.1) is 0 Å². The first kappa shape index (κ1) is 24.9. The molecule has 2 N–H and O–H groups in total. The average molecular weight is 472 g/mol. The van der Waals surface area contributed by atoms with Crippen LogP contribution in [0.3, 0.4) is 0 Å². The summed E-state index contributed by atoms with van der Waals surface area (Å²) in [5.41, 5.74) is 3.49. The molecule has 0 aromatic heterocycles. The van der Waals surface area contributed by atoms with Crippen molar-refractivity contribution < 1.29 is 18.0 Å². The summed E-state index contributed by atoms with van der Waals surface area (Å²) in [7, 11) is -3.62. The standard InChI is InChI=1S/C25H33N3O4S/c1-17-14-18(2)23(19(3)15-17)33(31,32)28-12-10-22(11-13-28)25(30)27-20(4)24(29)26-16-21-8-6-5-7-9-21/h5-9,14-15,20,22H,10-13,16H2,1-4H3,(H,26,29)(H,27,30). The quantitative estimate of drug-likeness (QED) is 0.649. The molecule has 1 heterocycles. The van der Waals surface area contributed by atoms with Crippen LogP contribution >= 0.6 is 0 Å². The lowest BCUT2D eigenvalue weighted by Gasteiger charge is -2.32. The lowest BCUT2D eigenvalue weighted by Crippen LogP contribution is -2.49. The monoisotopic (exact) mass is 471 g/mol. The summed E-state index contributed by atoms with van der Waals surface area (Å²) in [6, 6.07) is 12.7. The number of hydrogen-bond donors (Lipinski definition) is 2. The van der Waals surface area contributed by atoms with E-state index in [1.165, 1.54) is 4.31 Å². The number of nitrogens with zero attached hydrogens (tertiary/aromatic N) is 1. The molecule has 2 aromatic carbocycles. The van der Waals surface area contributed by atoms with Gasteiger partial charge in [0.1, 0.15) is 6.04 Å². The fourth-order valence-electron chi connectivity index (χ4n) is 4.40. The number of nitrogens with one attached hydrogen (secondary N) is 2. The van der Waals surface area contributed by atoms with Gasteiger partial charge in [-0.1, -0.05) is 48.0 Å². The molecule has 0 aliphatic carbocycles. The molecule has 1 unspecified atom stereocenters. The molecule has 0 bridgehead atoms. The summed E-state index contributed by atoms with van der Waals surface area (Å²) >= 11 is 0. The van der Waals surface area contributed by atoms with E-state index in [9.17, 15) is 18.0 Å². The van der Waals surface area contributed by atoms with Crippen molar-refractivity contribution in [3.63, 3.8) is 0 Å². The first-order valence-electron chi connectivity index (χ1n) is 11.3. The largest absolute Gasteiger partial charge is 0.350 e. The van der Waals surface area contributed by atoms with Gasteiger partial charge >= 0.3 is 0 Å². The molecule has 3 rings (SSSR count). The number of aryl methyl sites for hydroxylation is 3. The van der Waals surface area contributed by atoms with E-state index in [0.29, 0.717) is 24.3 Å². The van der Waals surface area contributed by atoms with E-state index in [0.717, 1.165) is 22.3 Å². The van der Waals surface area contributed by atoms with E-state index in [-0.39, 0.29) is 30.8 Å². The summed E-state index contributed by atoms with van der Waals surface area (Å²) in [4.78, 5) is 25.4. The number of carbonyl (C=O) groups excluding carboxylic acids is 2. The number of sulfonamides is 1. The van der Waals surface area contributed by atoms with Crippen LogP contribution in [0.2, 0.25) is 0 Å². The van der Waals surface area contributed by atoms with Crippen LogP contribution in [0.4, 0.5) is 0 Å². The number of hydrogen-bond acceptors (Lipinski definition) is 4. The minimum Gasteiger partial charge on any atom is -0.350 e. The average Bonchev–Trinajstić information content (AvgIpc) is 2.77. The molecule has 2 amide bonds. The number of rotatable bonds is 7. The zero-order valence-corrected chi connectivity index (χ0v) is 20.5. The van der Waals surface area contributed by atoms with Crippen LogP contribution in [-0.2, 0) is 26.2 Å². The molecule has 1 atom stereocenters. The second-order valence-electron chi connectivity index (χ2n) is 8.84. The topological polar surface area (TPSA) is 95.6 Å². The first-order valence-corrected chi connectivity index (χ1v) is 12.7.